The van der Waals surface area contributed by atoms with Crippen molar-refractivity contribution >= 4 is 17.8 Å². The zero-order valence-electron chi connectivity index (χ0n) is 19.1. The van der Waals surface area contributed by atoms with Crippen molar-refractivity contribution in [2.24, 2.45) is 5.41 Å². The molecule has 6 nitrogen and oxygen atoms in total. The summed E-state index contributed by atoms with van der Waals surface area (Å²) in [6.07, 6.45) is -0.349. The zero-order chi connectivity index (χ0) is 24.1. The lowest BCUT2D eigenvalue weighted by Crippen LogP contribution is -2.50. The summed E-state index contributed by atoms with van der Waals surface area (Å²) >= 11 is 0. The summed E-state index contributed by atoms with van der Waals surface area (Å²) in [5.41, 5.74) is 0.858. The zero-order valence-corrected chi connectivity index (χ0v) is 19.1. The molecule has 0 unspecified atom stereocenters. The van der Waals surface area contributed by atoms with Crippen molar-refractivity contribution in [2.75, 3.05) is 6.54 Å². The number of carbonyl (C=O) groups is 3. The van der Waals surface area contributed by atoms with Gasteiger partial charge in [0, 0.05) is 19.6 Å². The van der Waals surface area contributed by atoms with E-state index >= 15 is 0 Å². The van der Waals surface area contributed by atoms with Gasteiger partial charge in [0.2, 0.25) is 11.8 Å². The number of likely N-dealkylation sites (tertiary alicyclic amines) is 1. The molecule has 0 saturated carbocycles. The Labute approximate surface area is 199 Å². The Morgan fingerprint density at radius 1 is 0.882 bits per heavy atom. The Kier molecular flexibility index (Phi) is 6.77. The smallest absolute Gasteiger partial charge is 0.321 e. The van der Waals surface area contributed by atoms with Crippen LogP contribution in [0.15, 0.2) is 91.0 Å². The highest BCUT2D eigenvalue weighted by Gasteiger charge is 2.57. The van der Waals surface area contributed by atoms with E-state index in [1.807, 2.05) is 97.9 Å². The number of carboxylic acids is 1. The number of hydrogen-bond donors (Lipinski definition) is 1. The van der Waals surface area contributed by atoms with Gasteiger partial charge < -0.3 is 14.9 Å². The van der Waals surface area contributed by atoms with E-state index in [2.05, 4.69) is 0 Å². The molecule has 0 aromatic heterocycles. The van der Waals surface area contributed by atoms with E-state index < -0.39 is 17.3 Å². The summed E-state index contributed by atoms with van der Waals surface area (Å²) in [7, 11) is 0. The Morgan fingerprint density at radius 2 is 1.35 bits per heavy atom. The van der Waals surface area contributed by atoms with Crippen molar-refractivity contribution in [1.82, 2.24) is 9.80 Å². The molecule has 0 aliphatic carbocycles. The summed E-state index contributed by atoms with van der Waals surface area (Å²) < 4.78 is 0. The van der Waals surface area contributed by atoms with E-state index in [4.69, 9.17) is 0 Å². The molecule has 2 amide bonds. The number of rotatable bonds is 8. The van der Waals surface area contributed by atoms with E-state index in [9.17, 15) is 19.5 Å². The van der Waals surface area contributed by atoms with Crippen molar-refractivity contribution in [2.45, 2.75) is 32.5 Å². The highest BCUT2D eigenvalue weighted by atomic mass is 16.4. The maximum absolute atomic E-state index is 13.9. The molecule has 0 radical (unpaired) electrons. The molecule has 1 fully saturated rings. The van der Waals surface area contributed by atoms with E-state index in [0.717, 1.165) is 16.7 Å². The topological polar surface area (TPSA) is 77.9 Å². The first-order valence-electron chi connectivity index (χ1n) is 11.4. The number of benzene rings is 3. The Morgan fingerprint density at radius 3 is 1.82 bits per heavy atom. The molecule has 1 N–H and O–H groups in total. The van der Waals surface area contributed by atoms with Crippen LogP contribution in [-0.2, 0) is 27.5 Å². The molecule has 0 spiro atoms. The third kappa shape index (κ3) is 4.71. The van der Waals surface area contributed by atoms with Crippen LogP contribution in [0, 0.1) is 5.41 Å². The normalized spacial score (nSPS) is 18.5. The molecule has 1 aliphatic rings. The first-order valence-corrected chi connectivity index (χ1v) is 11.4. The number of hydrogen-bond acceptors (Lipinski definition) is 3. The molecule has 6 heteroatoms. The average molecular weight is 457 g/mol. The number of carbonyl (C=O) groups excluding carboxylic acids is 2. The average Bonchev–Trinajstić information content (AvgIpc) is 3.23. The number of nitrogens with zero attached hydrogens (tertiary/aromatic N) is 2. The second kappa shape index (κ2) is 9.91. The minimum atomic E-state index is -1.83. The highest BCUT2D eigenvalue weighted by Crippen LogP contribution is 2.39. The van der Waals surface area contributed by atoms with Crippen molar-refractivity contribution in [3.05, 3.63) is 108 Å². The lowest BCUT2D eigenvalue weighted by molar-refractivity contribution is -0.161. The van der Waals surface area contributed by atoms with Crippen LogP contribution in [0.3, 0.4) is 0 Å². The van der Waals surface area contributed by atoms with E-state index in [0.29, 0.717) is 0 Å². The molecule has 2 atom stereocenters. The fourth-order valence-electron chi connectivity index (χ4n) is 4.55. The van der Waals surface area contributed by atoms with Crippen LogP contribution in [0.1, 0.15) is 36.1 Å². The second-order valence-electron chi connectivity index (χ2n) is 8.80. The molecule has 0 bridgehead atoms. The summed E-state index contributed by atoms with van der Waals surface area (Å²) in [6, 6.07) is 28.1. The van der Waals surface area contributed by atoms with Crippen molar-refractivity contribution in [1.29, 1.82) is 0 Å². The summed E-state index contributed by atoms with van der Waals surface area (Å²) in [5, 5.41) is 10.3. The van der Waals surface area contributed by atoms with Gasteiger partial charge in [0.05, 0.1) is 12.5 Å². The van der Waals surface area contributed by atoms with Gasteiger partial charge in [-0.1, -0.05) is 91.0 Å². The third-order valence-corrected chi connectivity index (χ3v) is 6.50. The lowest BCUT2D eigenvalue weighted by atomic mass is 9.84. The fourth-order valence-corrected chi connectivity index (χ4v) is 4.55. The minimum absolute atomic E-state index is 0.157. The fraction of sp³-hybridized carbons (Fsp3) is 0.250. The van der Waals surface area contributed by atoms with Crippen LogP contribution >= 0.6 is 0 Å². The molecule has 3 aromatic carbocycles. The van der Waals surface area contributed by atoms with Crippen LogP contribution in [0.2, 0.25) is 0 Å². The first-order chi connectivity index (χ1) is 16.4. The molecule has 34 heavy (non-hydrogen) atoms. The van der Waals surface area contributed by atoms with Crippen molar-refractivity contribution < 1.29 is 19.5 Å². The van der Waals surface area contributed by atoms with Gasteiger partial charge in [-0.25, -0.2) is 0 Å². The standard InChI is InChI=1S/C28H28N2O4/c1-21(24-15-9-4-10-16-24)30-20-28(27(33)34,17-25(30)31)26(32)29(18-22-11-5-2-6-12-22)19-23-13-7-3-8-14-23/h2-16,21H,17-20H2,1H3,(H,33,34)/t21-,28+/m1/s1. The van der Waals surface area contributed by atoms with Crippen molar-refractivity contribution in [3.63, 3.8) is 0 Å². The largest absolute Gasteiger partial charge is 0.480 e. The van der Waals surface area contributed by atoms with E-state index in [1.54, 1.807) is 4.90 Å². The molecule has 3 aromatic rings. The molecule has 1 aliphatic heterocycles. The van der Waals surface area contributed by atoms with Gasteiger partial charge in [0.1, 0.15) is 0 Å². The van der Waals surface area contributed by atoms with Crippen molar-refractivity contribution in [3.8, 4) is 0 Å². The molecule has 1 heterocycles. The van der Waals surface area contributed by atoms with Gasteiger partial charge in [0.25, 0.3) is 0 Å². The first kappa shape index (κ1) is 23.2. The monoisotopic (exact) mass is 456 g/mol. The second-order valence-corrected chi connectivity index (χ2v) is 8.80. The third-order valence-electron chi connectivity index (χ3n) is 6.50. The molecular weight excluding hydrogens is 428 g/mol. The highest BCUT2D eigenvalue weighted by molar-refractivity contribution is 6.07. The van der Waals surface area contributed by atoms with Gasteiger partial charge in [-0.15, -0.1) is 0 Å². The summed E-state index contributed by atoms with van der Waals surface area (Å²) in [6.45, 7) is 2.22. The van der Waals surface area contributed by atoms with Crippen LogP contribution in [-0.4, -0.2) is 39.2 Å². The van der Waals surface area contributed by atoms with Crippen LogP contribution in [0.5, 0.6) is 0 Å². The number of aliphatic carboxylic acids is 1. The molecular formula is C28H28N2O4. The Hall–Kier alpha value is -3.93. The number of carboxylic acid groups (broad SMARTS) is 1. The van der Waals surface area contributed by atoms with Gasteiger partial charge in [-0.05, 0) is 23.6 Å². The van der Waals surface area contributed by atoms with Gasteiger partial charge >= 0.3 is 5.97 Å². The van der Waals surface area contributed by atoms with E-state index in [-0.39, 0.29) is 38.0 Å². The van der Waals surface area contributed by atoms with E-state index in [1.165, 1.54) is 4.90 Å². The van der Waals surface area contributed by atoms with Crippen LogP contribution in [0.4, 0.5) is 0 Å². The SMILES string of the molecule is C[C@H](c1ccccc1)N1C[C@](C(=O)O)(C(=O)N(Cc2ccccc2)Cc2ccccc2)CC1=O. The Bertz CT molecular complexity index is 1110. The minimum Gasteiger partial charge on any atom is -0.480 e. The maximum Gasteiger partial charge on any atom is 0.321 e. The summed E-state index contributed by atoms with van der Waals surface area (Å²) in [5.74, 6) is -2.13. The predicted molar refractivity (Wildman–Crippen MR) is 128 cm³/mol. The molecule has 4 rings (SSSR count). The quantitative estimate of drug-likeness (QED) is 0.513. The van der Waals surface area contributed by atoms with Crippen LogP contribution in [0.25, 0.3) is 0 Å². The van der Waals surface area contributed by atoms with Gasteiger partial charge in [0.15, 0.2) is 5.41 Å². The lowest BCUT2D eigenvalue weighted by Gasteiger charge is -2.32. The molecule has 1 saturated heterocycles. The van der Waals surface area contributed by atoms with Gasteiger partial charge in [-0.2, -0.15) is 0 Å². The van der Waals surface area contributed by atoms with Gasteiger partial charge in [-0.3, -0.25) is 14.4 Å². The number of amides is 2. The van der Waals surface area contributed by atoms with Crippen LogP contribution < -0.4 is 0 Å². The predicted octanol–water partition coefficient (Wildman–Crippen LogP) is 4.28. The Balaban J connectivity index is 1.66. The maximum atomic E-state index is 13.9. The summed E-state index contributed by atoms with van der Waals surface area (Å²) in [4.78, 5) is 42.7. The molecule has 174 valence electrons.